The standard InChI is InChI=1S/C6H12OS2.CH4/c1-4-5(2)9-6(3-7)8-4;/h4-7H,3H2,1-2H3;1H4. The van der Waals surface area contributed by atoms with E-state index in [0.717, 1.165) is 0 Å². The van der Waals surface area contributed by atoms with E-state index >= 15 is 0 Å². The third-order valence-corrected chi connectivity index (χ3v) is 4.96. The molecule has 1 nitrogen and oxygen atoms in total. The molecule has 1 saturated heterocycles. The van der Waals surface area contributed by atoms with E-state index in [9.17, 15) is 0 Å². The predicted octanol–water partition coefficient (Wildman–Crippen LogP) is 2.20. The van der Waals surface area contributed by atoms with Gasteiger partial charge >= 0.3 is 0 Å². The average molecular weight is 180 g/mol. The van der Waals surface area contributed by atoms with Crippen molar-refractivity contribution in [1.82, 2.24) is 0 Å². The molecule has 0 radical (unpaired) electrons. The van der Waals surface area contributed by atoms with Crippen molar-refractivity contribution in [2.45, 2.75) is 36.4 Å². The quantitative estimate of drug-likeness (QED) is 0.668. The Morgan fingerprint density at radius 3 is 1.80 bits per heavy atom. The summed E-state index contributed by atoms with van der Waals surface area (Å²) < 4.78 is 0.440. The van der Waals surface area contributed by atoms with Gasteiger partial charge in [-0.15, -0.1) is 23.5 Å². The molecule has 0 amide bonds. The molecule has 2 atom stereocenters. The lowest BCUT2D eigenvalue weighted by atomic mass is 10.4. The topological polar surface area (TPSA) is 20.2 Å². The second-order valence-electron chi connectivity index (χ2n) is 2.29. The molecule has 0 saturated carbocycles. The van der Waals surface area contributed by atoms with Gasteiger partial charge in [0.05, 0.1) is 11.2 Å². The van der Waals surface area contributed by atoms with E-state index in [1.807, 2.05) is 23.5 Å². The Bertz CT molecular complexity index is 87.6. The number of hydrogen-bond donors (Lipinski definition) is 1. The smallest absolute Gasteiger partial charge is 0.0739 e. The van der Waals surface area contributed by atoms with Crippen molar-refractivity contribution >= 4 is 23.5 Å². The van der Waals surface area contributed by atoms with E-state index in [2.05, 4.69) is 13.8 Å². The van der Waals surface area contributed by atoms with Crippen molar-refractivity contribution in [2.24, 2.45) is 0 Å². The molecule has 1 N–H and O–H groups in total. The zero-order chi connectivity index (χ0) is 6.85. The summed E-state index contributed by atoms with van der Waals surface area (Å²) in [7, 11) is 0. The first-order valence-electron chi connectivity index (χ1n) is 3.16. The molecule has 1 rings (SSSR count). The van der Waals surface area contributed by atoms with E-state index in [1.54, 1.807) is 0 Å². The fraction of sp³-hybridized carbons (Fsp3) is 1.00. The summed E-state index contributed by atoms with van der Waals surface area (Å²) in [5.74, 6) is 0. The molecule has 0 bridgehead atoms. The van der Waals surface area contributed by atoms with Crippen LogP contribution >= 0.6 is 23.5 Å². The summed E-state index contributed by atoms with van der Waals surface area (Å²) in [4.78, 5) is 0. The molecule has 3 heteroatoms. The van der Waals surface area contributed by atoms with Gasteiger partial charge in [0.25, 0.3) is 0 Å². The molecular formula is C7H16OS2. The van der Waals surface area contributed by atoms with Gasteiger partial charge in [-0.25, -0.2) is 0 Å². The monoisotopic (exact) mass is 180 g/mol. The summed E-state index contributed by atoms with van der Waals surface area (Å²) >= 11 is 3.77. The van der Waals surface area contributed by atoms with E-state index in [1.165, 1.54) is 0 Å². The van der Waals surface area contributed by atoms with Crippen molar-refractivity contribution in [2.75, 3.05) is 6.61 Å². The molecule has 62 valence electrons. The Morgan fingerprint density at radius 2 is 1.60 bits per heavy atom. The van der Waals surface area contributed by atoms with Crippen LogP contribution in [0.5, 0.6) is 0 Å². The van der Waals surface area contributed by atoms with Crippen molar-refractivity contribution in [3.8, 4) is 0 Å². The van der Waals surface area contributed by atoms with Crippen molar-refractivity contribution in [1.29, 1.82) is 0 Å². The van der Waals surface area contributed by atoms with Crippen LogP contribution < -0.4 is 0 Å². The third kappa shape index (κ3) is 2.36. The van der Waals surface area contributed by atoms with E-state index in [4.69, 9.17) is 5.11 Å². The largest absolute Gasteiger partial charge is 0.394 e. The zero-order valence-corrected chi connectivity index (χ0v) is 7.34. The van der Waals surface area contributed by atoms with Gasteiger partial charge in [0.2, 0.25) is 0 Å². The highest BCUT2D eigenvalue weighted by molar-refractivity contribution is 8.20. The van der Waals surface area contributed by atoms with Crippen LogP contribution in [0.25, 0.3) is 0 Å². The molecule has 1 fully saturated rings. The number of hydrogen-bond acceptors (Lipinski definition) is 3. The Kier molecular flexibility index (Phi) is 4.82. The van der Waals surface area contributed by atoms with Crippen LogP contribution in [0.4, 0.5) is 0 Å². The SMILES string of the molecule is C.CC1SC(CO)SC1C. The second kappa shape index (κ2) is 4.52. The molecule has 0 aromatic rings. The van der Waals surface area contributed by atoms with E-state index < -0.39 is 0 Å². The molecule has 2 unspecified atom stereocenters. The van der Waals surface area contributed by atoms with Crippen LogP contribution in [0, 0.1) is 0 Å². The van der Waals surface area contributed by atoms with E-state index in [-0.39, 0.29) is 7.43 Å². The van der Waals surface area contributed by atoms with Crippen LogP contribution in [0.1, 0.15) is 21.3 Å². The minimum Gasteiger partial charge on any atom is -0.394 e. The van der Waals surface area contributed by atoms with Gasteiger partial charge in [-0.1, -0.05) is 21.3 Å². The lowest BCUT2D eigenvalue weighted by molar-refractivity contribution is 0.316. The van der Waals surface area contributed by atoms with Gasteiger partial charge < -0.3 is 5.11 Å². The molecule has 0 spiro atoms. The first-order chi connectivity index (χ1) is 4.24. The maximum atomic E-state index is 8.76. The summed E-state index contributed by atoms with van der Waals surface area (Å²) in [6, 6.07) is 0. The maximum Gasteiger partial charge on any atom is 0.0739 e. The summed E-state index contributed by atoms with van der Waals surface area (Å²) in [5, 5.41) is 10.2. The molecule has 0 aromatic heterocycles. The lowest BCUT2D eigenvalue weighted by Crippen LogP contribution is -2.04. The van der Waals surface area contributed by atoms with Crippen LogP contribution in [0.15, 0.2) is 0 Å². The van der Waals surface area contributed by atoms with Crippen LogP contribution in [0.2, 0.25) is 0 Å². The van der Waals surface area contributed by atoms with Gasteiger partial charge in [0.1, 0.15) is 0 Å². The fourth-order valence-electron chi connectivity index (χ4n) is 0.818. The molecule has 0 aliphatic carbocycles. The van der Waals surface area contributed by atoms with Gasteiger partial charge in [-0.3, -0.25) is 0 Å². The Morgan fingerprint density at radius 1 is 1.20 bits per heavy atom. The minimum absolute atomic E-state index is 0. The zero-order valence-electron chi connectivity index (χ0n) is 5.70. The first kappa shape index (κ1) is 10.7. The minimum atomic E-state index is 0. The average Bonchev–Trinajstić information content (AvgIpc) is 2.13. The number of aliphatic hydroxyl groups is 1. The van der Waals surface area contributed by atoms with Gasteiger partial charge in [-0.2, -0.15) is 0 Å². The summed E-state index contributed by atoms with van der Waals surface area (Å²) in [5.41, 5.74) is 0. The van der Waals surface area contributed by atoms with Gasteiger partial charge in [0, 0.05) is 10.5 Å². The number of aliphatic hydroxyl groups excluding tert-OH is 1. The molecule has 1 aliphatic rings. The molecule has 1 heterocycles. The molecule has 10 heavy (non-hydrogen) atoms. The highest BCUT2D eigenvalue weighted by Crippen LogP contribution is 2.42. The van der Waals surface area contributed by atoms with Crippen molar-refractivity contribution < 1.29 is 5.11 Å². The molecular weight excluding hydrogens is 164 g/mol. The lowest BCUT2D eigenvalue weighted by Gasteiger charge is -2.02. The Balaban J connectivity index is 0.000000810. The Hall–Kier alpha value is 0.660. The van der Waals surface area contributed by atoms with Crippen molar-refractivity contribution in [3.63, 3.8) is 0 Å². The van der Waals surface area contributed by atoms with Crippen LogP contribution in [-0.2, 0) is 0 Å². The second-order valence-corrected chi connectivity index (χ2v) is 5.76. The van der Waals surface area contributed by atoms with Crippen molar-refractivity contribution in [3.05, 3.63) is 0 Å². The highest BCUT2D eigenvalue weighted by Gasteiger charge is 2.28. The normalized spacial score (nSPS) is 39.3. The van der Waals surface area contributed by atoms with Crippen LogP contribution in [-0.4, -0.2) is 26.8 Å². The molecule has 1 aliphatic heterocycles. The van der Waals surface area contributed by atoms with Gasteiger partial charge in [0.15, 0.2) is 0 Å². The Labute approximate surface area is 72.0 Å². The van der Waals surface area contributed by atoms with Gasteiger partial charge in [-0.05, 0) is 0 Å². The van der Waals surface area contributed by atoms with Crippen LogP contribution in [0.3, 0.4) is 0 Å². The highest BCUT2D eigenvalue weighted by atomic mass is 32.2. The first-order valence-corrected chi connectivity index (χ1v) is 5.04. The third-order valence-electron chi connectivity index (χ3n) is 1.54. The fourth-order valence-corrected chi connectivity index (χ4v) is 4.08. The summed E-state index contributed by atoms with van der Waals surface area (Å²) in [6.07, 6.45) is 0. The maximum absolute atomic E-state index is 8.76. The summed E-state index contributed by atoms with van der Waals surface area (Å²) in [6.45, 7) is 4.76. The number of rotatable bonds is 1. The number of thioether (sulfide) groups is 2. The molecule has 0 aromatic carbocycles. The van der Waals surface area contributed by atoms with E-state index in [0.29, 0.717) is 21.7 Å². The predicted molar refractivity (Wildman–Crippen MR) is 51.7 cm³/mol.